The number of benzene rings is 1. The molecule has 0 saturated carbocycles. The Kier molecular flexibility index (Phi) is 3.76. The lowest BCUT2D eigenvalue weighted by Crippen LogP contribution is -2.44. The Morgan fingerprint density at radius 3 is 2.95 bits per heavy atom. The van der Waals surface area contributed by atoms with Crippen LogP contribution in [0, 0.1) is 12.8 Å². The van der Waals surface area contributed by atoms with Gasteiger partial charge in [0, 0.05) is 26.7 Å². The van der Waals surface area contributed by atoms with E-state index in [1.54, 1.807) is 7.05 Å². The molecule has 1 aromatic rings. The molecule has 1 amide bonds. The first-order chi connectivity index (χ1) is 9.67. The largest absolute Gasteiger partial charge is 0.371 e. The van der Waals surface area contributed by atoms with Gasteiger partial charge in [-0.1, -0.05) is 24.3 Å². The van der Waals surface area contributed by atoms with Gasteiger partial charge < -0.3 is 10.1 Å². The Bertz CT molecular complexity index is 503. The molecule has 3 unspecified atom stereocenters. The molecule has 2 aliphatic rings. The molecule has 0 aromatic heterocycles. The van der Waals surface area contributed by atoms with Crippen LogP contribution in [0.3, 0.4) is 0 Å². The number of ether oxygens (including phenoxy) is 1. The molecule has 3 atom stereocenters. The molecule has 2 bridgehead atoms. The monoisotopic (exact) mass is 274 g/mol. The number of hydrogen-bond donors (Lipinski definition) is 1. The van der Waals surface area contributed by atoms with Gasteiger partial charge in [-0.15, -0.1) is 0 Å². The molecule has 1 N–H and O–H groups in total. The van der Waals surface area contributed by atoms with Gasteiger partial charge in [0.1, 0.15) is 0 Å². The van der Waals surface area contributed by atoms with Crippen LogP contribution < -0.4 is 5.32 Å². The summed E-state index contributed by atoms with van der Waals surface area (Å²) in [6.45, 7) is 4.88. The maximum atomic E-state index is 11.9. The van der Waals surface area contributed by atoms with Crippen LogP contribution >= 0.6 is 0 Å². The number of hydrogen-bond acceptors (Lipinski definition) is 3. The molecule has 2 saturated heterocycles. The predicted octanol–water partition coefficient (Wildman–Crippen LogP) is 1.33. The number of fused-ring (bicyclic) bond motifs is 2. The molecule has 1 aromatic carbocycles. The molecule has 2 heterocycles. The third-order valence-corrected chi connectivity index (χ3v) is 4.47. The fourth-order valence-electron chi connectivity index (χ4n) is 3.36. The van der Waals surface area contributed by atoms with E-state index in [1.165, 1.54) is 11.1 Å². The first-order valence-electron chi connectivity index (χ1n) is 7.31. The molecule has 20 heavy (non-hydrogen) atoms. The molecule has 0 aliphatic carbocycles. The lowest BCUT2D eigenvalue weighted by Gasteiger charge is -2.33. The van der Waals surface area contributed by atoms with E-state index >= 15 is 0 Å². The van der Waals surface area contributed by atoms with Crippen molar-refractivity contribution < 1.29 is 9.53 Å². The number of amides is 1. The zero-order chi connectivity index (χ0) is 14.1. The van der Waals surface area contributed by atoms with E-state index < -0.39 is 0 Å². The van der Waals surface area contributed by atoms with Crippen LogP contribution in [0.2, 0.25) is 0 Å². The summed E-state index contributed by atoms with van der Waals surface area (Å²) in [5, 5.41) is 2.76. The Labute approximate surface area is 120 Å². The quantitative estimate of drug-likeness (QED) is 0.904. The van der Waals surface area contributed by atoms with Crippen LogP contribution in [0.25, 0.3) is 0 Å². The average Bonchev–Trinajstić information content (AvgIpc) is 2.75. The van der Waals surface area contributed by atoms with Gasteiger partial charge in [0.25, 0.3) is 0 Å². The summed E-state index contributed by atoms with van der Waals surface area (Å²) in [6, 6.07) is 8.49. The van der Waals surface area contributed by atoms with Gasteiger partial charge in [-0.3, -0.25) is 9.69 Å². The normalized spacial score (nSPS) is 29.4. The number of carbonyl (C=O) groups excluding carboxylic acids is 1. The smallest absolute Gasteiger partial charge is 0.225 e. The minimum Gasteiger partial charge on any atom is -0.371 e. The fourth-order valence-corrected chi connectivity index (χ4v) is 3.36. The lowest BCUT2D eigenvalue weighted by atomic mass is 10.00. The van der Waals surface area contributed by atoms with E-state index in [0.29, 0.717) is 0 Å². The SMILES string of the molecule is CNC(=O)C1CC2CN(Cc3ccccc3C)CC1O2. The molecular formula is C16H22N2O2. The van der Waals surface area contributed by atoms with Crippen molar-refractivity contribution in [3.8, 4) is 0 Å². The number of nitrogens with zero attached hydrogens (tertiary/aromatic N) is 1. The van der Waals surface area contributed by atoms with Crippen LogP contribution in [0.5, 0.6) is 0 Å². The average molecular weight is 274 g/mol. The third-order valence-electron chi connectivity index (χ3n) is 4.47. The van der Waals surface area contributed by atoms with Gasteiger partial charge in [0.2, 0.25) is 5.91 Å². The molecule has 2 fully saturated rings. The topological polar surface area (TPSA) is 41.6 Å². The van der Waals surface area contributed by atoms with Crippen LogP contribution in [-0.4, -0.2) is 43.2 Å². The Morgan fingerprint density at radius 1 is 1.40 bits per heavy atom. The van der Waals surface area contributed by atoms with E-state index in [-0.39, 0.29) is 24.0 Å². The molecule has 3 rings (SSSR count). The van der Waals surface area contributed by atoms with Crippen molar-refractivity contribution in [1.82, 2.24) is 10.2 Å². The van der Waals surface area contributed by atoms with Crippen molar-refractivity contribution in [1.29, 1.82) is 0 Å². The second-order valence-electron chi connectivity index (χ2n) is 5.87. The van der Waals surface area contributed by atoms with E-state index in [0.717, 1.165) is 26.1 Å². The van der Waals surface area contributed by atoms with Gasteiger partial charge in [-0.05, 0) is 24.5 Å². The number of nitrogens with one attached hydrogen (secondary N) is 1. The summed E-state index contributed by atoms with van der Waals surface area (Å²) in [5.41, 5.74) is 2.69. The van der Waals surface area contributed by atoms with Crippen LogP contribution in [0.4, 0.5) is 0 Å². The van der Waals surface area contributed by atoms with Gasteiger partial charge in [-0.2, -0.15) is 0 Å². The Hall–Kier alpha value is -1.39. The summed E-state index contributed by atoms with van der Waals surface area (Å²) in [4.78, 5) is 14.3. The molecule has 108 valence electrons. The number of aryl methyl sites for hydroxylation is 1. The van der Waals surface area contributed by atoms with Gasteiger partial charge in [-0.25, -0.2) is 0 Å². The minimum absolute atomic E-state index is 0.0203. The first-order valence-corrected chi connectivity index (χ1v) is 7.31. The van der Waals surface area contributed by atoms with Crippen LogP contribution in [0.1, 0.15) is 17.5 Å². The zero-order valence-corrected chi connectivity index (χ0v) is 12.1. The highest BCUT2D eigenvalue weighted by Gasteiger charge is 2.44. The standard InChI is InChI=1S/C16H22N2O2/c1-11-5-3-4-6-12(11)8-18-9-13-7-14(16(19)17-2)15(10-18)20-13/h3-6,13-15H,7-10H2,1-2H3,(H,17,19). The third kappa shape index (κ3) is 2.58. The lowest BCUT2D eigenvalue weighted by molar-refractivity contribution is -0.127. The van der Waals surface area contributed by atoms with Crippen molar-refractivity contribution in [2.75, 3.05) is 20.1 Å². The highest BCUT2D eigenvalue weighted by molar-refractivity contribution is 5.79. The predicted molar refractivity (Wildman–Crippen MR) is 77.3 cm³/mol. The van der Waals surface area contributed by atoms with E-state index in [1.807, 2.05) is 0 Å². The molecular weight excluding hydrogens is 252 g/mol. The van der Waals surface area contributed by atoms with E-state index in [2.05, 4.69) is 41.4 Å². The van der Waals surface area contributed by atoms with Gasteiger partial charge in [0.15, 0.2) is 0 Å². The van der Waals surface area contributed by atoms with Crippen molar-refractivity contribution in [2.24, 2.45) is 5.92 Å². The van der Waals surface area contributed by atoms with Crippen molar-refractivity contribution in [3.63, 3.8) is 0 Å². The second kappa shape index (κ2) is 5.54. The molecule has 4 nitrogen and oxygen atoms in total. The molecule has 4 heteroatoms. The summed E-state index contributed by atoms with van der Waals surface area (Å²) in [7, 11) is 1.70. The zero-order valence-electron chi connectivity index (χ0n) is 12.1. The Balaban J connectivity index is 1.67. The summed E-state index contributed by atoms with van der Waals surface area (Å²) >= 11 is 0. The van der Waals surface area contributed by atoms with E-state index in [9.17, 15) is 4.79 Å². The molecule has 0 radical (unpaired) electrons. The summed E-state index contributed by atoms with van der Waals surface area (Å²) in [6.07, 6.45) is 1.12. The van der Waals surface area contributed by atoms with Crippen molar-refractivity contribution >= 4 is 5.91 Å². The highest BCUT2D eigenvalue weighted by atomic mass is 16.5. The maximum Gasteiger partial charge on any atom is 0.225 e. The highest BCUT2D eigenvalue weighted by Crippen LogP contribution is 2.32. The first kappa shape index (κ1) is 13.6. The van der Waals surface area contributed by atoms with E-state index in [4.69, 9.17) is 4.74 Å². The van der Waals surface area contributed by atoms with Crippen molar-refractivity contribution in [2.45, 2.75) is 32.1 Å². The maximum absolute atomic E-state index is 11.9. The second-order valence-corrected chi connectivity index (χ2v) is 5.87. The molecule has 0 spiro atoms. The Morgan fingerprint density at radius 2 is 2.20 bits per heavy atom. The number of morpholine rings is 1. The number of carbonyl (C=O) groups is 1. The number of rotatable bonds is 3. The summed E-state index contributed by atoms with van der Waals surface area (Å²) in [5.74, 6) is 0.141. The van der Waals surface area contributed by atoms with Gasteiger partial charge >= 0.3 is 0 Å². The van der Waals surface area contributed by atoms with Crippen molar-refractivity contribution in [3.05, 3.63) is 35.4 Å². The minimum atomic E-state index is 0.0203. The number of likely N-dealkylation sites (tertiary alicyclic amines) is 1. The summed E-state index contributed by atoms with van der Waals surface area (Å²) < 4.78 is 5.93. The van der Waals surface area contributed by atoms with Crippen LogP contribution in [0.15, 0.2) is 24.3 Å². The van der Waals surface area contributed by atoms with Gasteiger partial charge in [0.05, 0.1) is 18.1 Å². The fraction of sp³-hybridized carbons (Fsp3) is 0.562. The van der Waals surface area contributed by atoms with Crippen LogP contribution in [-0.2, 0) is 16.1 Å². The molecule has 2 aliphatic heterocycles.